The van der Waals surface area contributed by atoms with Crippen molar-refractivity contribution in [1.29, 1.82) is 0 Å². The largest absolute Gasteiger partial charge is 0.444 e. The van der Waals surface area contributed by atoms with Gasteiger partial charge in [-0.05, 0) is 75.1 Å². The van der Waals surface area contributed by atoms with Gasteiger partial charge in [-0.3, -0.25) is 0 Å². The fraction of sp³-hybridized carbons (Fsp3) is 0.435. The molecule has 1 atom stereocenters. The van der Waals surface area contributed by atoms with Gasteiger partial charge in [-0.1, -0.05) is 29.8 Å². The Morgan fingerprint density at radius 2 is 1.74 bits per heavy atom. The van der Waals surface area contributed by atoms with Crippen LogP contribution in [0.4, 0.5) is 4.79 Å². The first-order valence-electron chi connectivity index (χ1n) is 10.2. The summed E-state index contributed by atoms with van der Waals surface area (Å²) in [5, 5.41) is 0.697. The number of hydrogen-bond acceptors (Lipinski definition) is 4. The van der Waals surface area contributed by atoms with Gasteiger partial charge >= 0.3 is 6.09 Å². The molecule has 1 saturated heterocycles. The third kappa shape index (κ3) is 5.40. The average Bonchev–Trinajstić information content (AvgIpc) is 3.19. The maximum absolute atomic E-state index is 13.1. The predicted octanol–water partition coefficient (Wildman–Crippen LogP) is 4.95. The zero-order valence-corrected chi connectivity index (χ0v) is 20.1. The summed E-state index contributed by atoms with van der Waals surface area (Å²) in [7, 11) is -2.00. The van der Waals surface area contributed by atoms with Crippen LogP contribution in [-0.4, -0.2) is 55.5 Å². The molecule has 1 heterocycles. The Labute approximate surface area is 189 Å². The lowest BCUT2D eigenvalue weighted by molar-refractivity contribution is 0.0232. The van der Waals surface area contributed by atoms with Crippen molar-refractivity contribution in [1.82, 2.24) is 9.21 Å². The summed E-state index contributed by atoms with van der Waals surface area (Å²) in [4.78, 5) is 14.0. The van der Waals surface area contributed by atoms with Crippen LogP contribution >= 0.6 is 11.6 Å². The van der Waals surface area contributed by atoms with E-state index >= 15 is 0 Å². The van der Waals surface area contributed by atoms with Gasteiger partial charge in [0.15, 0.2) is 0 Å². The van der Waals surface area contributed by atoms with Crippen molar-refractivity contribution in [2.75, 3.05) is 20.1 Å². The van der Waals surface area contributed by atoms with Gasteiger partial charge in [0.1, 0.15) is 5.60 Å². The van der Waals surface area contributed by atoms with Crippen molar-refractivity contribution >= 4 is 27.7 Å². The van der Waals surface area contributed by atoms with Crippen LogP contribution in [0, 0.1) is 6.92 Å². The minimum atomic E-state index is -3.65. The molecule has 1 aliphatic rings. The van der Waals surface area contributed by atoms with Crippen molar-refractivity contribution in [2.45, 2.75) is 50.7 Å². The van der Waals surface area contributed by atoms with E-state index in [-0.39, 0.29) is 17.5 Å². The molecule has 0 N–H and O–H groups in total. The standard InChI is InChI=1S/C23H29ClN2O4S/c1-16-14-18(8-11-21(16)24)17-6-9-20(10-7-17)31(28,29)26-13-12-19(15-26)25(5)22(27)30-23(2,3)4/h6-11,14,19H,12-13,15H2,1-5H3/t19-/m1/s1. The van der Waals surface area contributed by atoms with Gasteiger partial charge in [-0.2, -0.15) is 4.31 Å². The molecule has 168 valence electrons. The van der Waals surface area contributed by atoms with Crippen LogP contribution in [0.25, 0.3) is 11.1 Å². The second kappa shape index (κ2) is 8.81. The van der Waals surface area contributed by atoms with E-state index in [0.29, 0.717) is 18.0 Å². The van der Waals surface area contributed by atoms with Crippen LogP contribution in [0.1, 0.15) is 32.8 Å². The van der Waals surface area contributed by atoms with Gasteiger partial charge in [-0.25, -0.2) is 13.2 Å². The molecule has 0 bridgehead atoms. The maximum Gasteiger partial charge on any atom is 0.410 e. The van der Waals surface area contributed by atoms with Crippen LogP contribution in [0.2, 0.25) is 5.02 Å². The lowest BCUT2D eigenvalue weighted by Crippen LogP contribution is -2.42. The number of likely N-dealkylation sites (N-methyl/N-ethyl adjacent to an activating group) is 1. The molecule has 1 amide bonds. The molecule has 6 nitrogen and oxygen atoms in total. The fourth-order valence-corrected chi connectivity index (χ4v) is 5.13. The summed E-state index contributed by atoms with van der Waals surface area (Å²) in [5.41, 5.74) is 2.27. The van der Waals surface area contributed by atoms with E-state index in [1.165, 1.54) is 9.21 Å². The van der Waals surface area contributed by atoms with Gasteiger partial charge in [0.25, 0.3) is 0 Å². The highest BCUT2D eigenvalue weighted by Crippen LogP contribution is 2.28. The molecular formula is C23H29ClN2O4S. The molecule has 0 spiro atoms. The number of carbonyl (C=O) groups excluding carboxylic acids is 1. The molecule has 8 heteroatoms. The first-order chi connectivity index (χ1) is 14.4. The van der Waals surface area contributed by atoms with Crippen molar-refractivity contribution in [3.8, 4) is 11.1 Å². The molecule has 0 unspecified atom stereocenters. The van der Waals surface area contributed by atoms with Gasteiger partial charge in [-0.15, -0.1) is 0 Å². The number of halogens is 1. The molecule has 0 aliphatic carbocycles. The lowest BCUT2D eigenvalue weighted by atomic mass is 10.0. The van der Waals surface area contributed by atoms with E-state index in [1.54, 1.807) is 52.1 Å². The Bertz CT molecular complexity index is 1060. The lowest BCUT2D eigenvalue weighted by Gasteiger charge is -2.28. The minimum absolute atomic E-state index is 0.221. The summed E-state index contributed by atoms with van der Waals surface area (Å²) >= 11 is 6.09. The highest BCUT2D eigenvalue weighted by Gasteiger charge is 2.36. The van der Waals surface area contributed by atoms with Crippen molar-refractivity contribution in [2.24, 2.45) is 0 Å². The highest BCUT2D eigenvalue weighted by molar-refractivity contribution is 7.89. The molecular weight excluding hydrogens is 436 g/mol. The van der Waals surface area contributed by atoms with Crippen molar-refractivity contribution in [3.63, 3.8) is 0 Å². The molecule has 1 aliphatic heterocycles. The number of sulfonamides is 1. The maximum atomic E-state index is 13.1. The summed E-state index contributed by atoms with van der Waals surface area (Å²) in [6.45, 7) is 7.95. The second-order valence-electron chi connectivity index (χ2n) is 8.89. The molecule has 0 saturated carbocycles. The van der Waals surface area contributed by atoms with Crippen LogP contribution in [0.3, 0.4) is 0 Å². The van der Waals surface area contributed by atoms with Crippen LogP contribution in [-0.2, 0) is 14.8 Å². The van der Waals surface area contributed by atoms with Gasteiger partial charge < -0.3 is 9.64 Å². The quantitative estimate of drug-likeness (QED) is 0.642. The molecule has 0 radical (unpaired) electrons. The zero-order chi connectivity index (χ0) is 23.0. The van der Waals surface area contributed by atoms with E-state index in [1.807, 2.05) is 25.1 Å². The Morgan fingerprint density at radius 3 is 2.32 bits per heavy atom. The summed E-state index contributed by atoms with van der Waals surface area (Å²) < 4.78 is 33.1. The number of amides is 1. The first-order valence-corrected chi connectivity index (χ1v) is 12.0. The van der Waals surface area contributed by atoms with Crippen LogP contribution in [0.15, 0.2) is 47.4 Å². The third-order valence-corrected chi connectivity index (χ3v) is 7.64. The average molecular weight is 465 g/mol. The molecule has 31 heavy (non-hydrogen) atoms. The number of aryl methyl sites for hydroxylation is 1. The van der Waals surface area contributed by atoms with Crippen molar-refractivity contribution in [3.05, 3.63) is 53.1 Å². The van der Waals surface area contributed by atoms with E-state index in [2.05, 4.69) is 0 Å². The first kappa shape index (κ1) is 23.6. The van der Waals surface area contributed by atoms with Gasteiger partial charge in [0.05, 0.1) is 4.90 Å². The van der Waals surface area contributed by atoms with E-state index < -0.39 is 21.7 Å². The number of carbonyl (C=O) groups is 1. The molecule has 3 rings (SSSR count). The normalized spacial score (nSPS) is 17.5. The number of rotatable bonds is 4. The predicted molar refractivity (Wildman–Crippen MR) is 123 cm³/mol. The zero-order valence-electron chi connectivity index (χ0n) is 18.6. The fourth-order valence-electron chi connectivity index (χ4n) is 3.52. The highest BCUT2D eigenvalue weighted by atomic mass is 35.5. The summed E-state index contributed by atoms with van der Waals surface area (Å²) in [5.74, 6) is 0. The third-order valence-electron chi connectivity index (χ3n) is 5.34. The Balaban J connectivity index is 1.72. The molecule has 0 aromatic heterocycles. The molecule has 2 aromatic rings. The van der Waals surface area contributed by atoms with E-state index in [0.717, 1.165) is 16.7 Å². The number of benzene rings is 2. The monoisotopic (exact) mass is 464 g/mol. The van der Waals surface area contributed by atoms with Gasteiger partial charge in [0.2, 0.25) is 10.0 Å². The van der Waals surface area contributed by atoms with Gasteiger partial charge in [0, 0.05) is 31.2 Å². The molecule has 1 fully saturated rings. The second-order valence-corrected chi connectivity index (χ2v) is 11.2. The number of nitrogens with zero attached hydrogens (tertiary/aromatic N) is 2. The topological polar surface area (TPSA) is 66.9 Å². The number of ether oxygens (including phenoxy) is 1. The van der Waals surface area contributed by atoms with Crippen molar-refractivity contribution < 1.29 is 17.9 Å². The van der Waals surface area contributed by atoms with E-state index in [9.17, 15) is 13.2 Å². The smallest absolute Gasteiger partial charge is 0.410 e. The van der Waals surface area contributed by atoms with E-state index in [4.69, 9.17) is 16.3 Å². The Hall–Kier alpha value is -2.09. The Kier molecular flexibility index (Phi) is 6.69. The Morgan fingerprint density at radius 1 is 1.13 bits per heavy atom. The van der Waals surface area contributed by atoms with Crippen LogP contribution < -0.4 is 0 Å². The number of hydrogen-bond donors (Lipinski definition) is 0. The molecule has 2 aromatic carbocycles. The minimum Gasteiger partial charge on any atom is -0.444 e. The SMILES string of the molecule is Cc1cc(-c2ccc(S(=O)(=O)N3CC[C@@H](N(C)C(=O)OC(C)(C)C)C3)cc2)ccc1Cl. The van der Waals surface area contributed by atoms with Crippen LogP contribution in [0.5, 0.6) is 0 Å². The summed E-state index contributed by atoms with van der Waals surface area (Å²) in [6, 6.07) is 12.4. The summed E-state index contributed by atoms with van der Waals surface area (Å²) in [6.07, 6.45) is 0.122.